The molecule has 0 aliphatic heterocycles. The SMILES string of the molecule is CCC(Br)CNC(=O)c1ccccc1F. The van der Waals surface area contributed by atoms with E-state index < -0.39 is 5.82 Å². The molecule has 1 atom stereocenters. The first-order valence-corrected chi connectivity index (χ1v) is 5.73. The largest absolute Gasteiger partial charge is 0.351 e. The van der Waals surface area contributed by atoms with E-state index in [9.17, 15) is 9.18 Å². The molecule has 15 heavy (non-hydrogen) atoms. The third-order valence-electron chi connectivity index (χ3n) is 2.05. The zero-order valence-electron chi connectivity index (χ0n) is 8.47. The number of benzene rings is 1. The summed E-state index contributed by atoms with van der Waals surface area (Å²) in [6.45, 7) is 2.51. The minimum atomic E-state index is -0.488. The van der Waals surface area contributed by atoms with Gasteiger partial charge in [0, 0.05) is 11.4 Å². The lowest BCUT2D eigenvalue weighted by molar-refractivity contribution is 0.0950. The Labute approximate surface area is 97.0 Å². The lowest BCUT2D eigenvalue weighted by Crippen LogP contribution is -2.29. The Hall–Kier alpha value is -0.900. The van der Waals surface area contributed by atoms with Gasteiger partial charge in [-0.15, -0.1) is 0 Å². The summed E-state index contributed by atoms with van der Waals surface area (Å²) in [5.74, 6) is -0.858. The minimum absolute atomic E-state index is 0.0910. The maximum atomic E-state index is 13.2. The molecule has 0 aliphatic rings. The van der Waals surface area contributed by atoms with Crippen molar-refractivity contribution in [3.8, 4) is 0 Å². The standard InChI is InChI=1S/C11H13BrFNO/c1-2-8(12)7-14-11(15)9-5-3-4-6-10(9)13/h3-6,8H,2,7H2,1H3,(H,14,15). The second kappa shape index (κ2) is 5.85. The summed E-state index contributed by atoms with van der Waals surface area (Å²) in [5.41, 5.74) is 0.0910. The normalized spacial score (nSPS) is 12.2. The fraction of sp³-hybridized carbons (Fsp3) is 0.364. The van der Waals surface area contributed by atoms with Crippen LogP contribution in [0.2, 0.25) is 0 Å². The number of halogens is 2. The van der Waals surface area contributed by atoms with Gasteiger partial charge in [0.05, 0.1) is 5.56 Å². The molecule has 0 fully saturated rings. The summed E-state index contributed by atoms with van der Waals surface area (Å²) in [7, 11) is 0. The Kier molecular flexibility index (Phi) is 4.75. The fourth-order valence-corrected chi connectivity index (χ4v) is 1.25. The van der Waals surface area contributed by atoms with Crippen LogP contribution in [0.25, 0.3) is 0 Å². The number of hydrogen-bond acceptors (Lipinski definition) is 1. The molecule has 1 unspecified atom stereocenters. The van der Waals surface area contributed by atoms with Crippen molar-refractivity contribution in [2.45, 2.75) is 18.2 Å². The van der Waals surface area contributed by atoms with Crippen molar-refractivity contribution in [1.82, 2.24) is 5.32 Å². The monoisotopic (exact) mass is 273 g/mol. The van der Waals surface area contributed by atoms with Crippen molar-refractivity contribution in [3.63, 3.8) is 0 Å². The number of nitrogens with one attached hydrogen (secondary N) is 1. The van der Waals surface area contributed by atoms with Crippen LogP contribution in [0.5, 0.6) is 0 Å². The number of rotatable bonds is 4. The van der Waals surface area contributed by atoms with Gasteiger partial charge in [0.25, 0.3) is 5.91 Å². The zero-order valence-corrected chi connectivity index (χ0v) is 10.1. The van der Waals surface area contributed by atoms with Crippen molar-refractivity contribution in [2.24, 2.45) is 0 Å². The highest BCUT2D eigenvalue weighted by molar-refractivity contribution is 9.09. The quantitative estimate of drug-likeness (QED) is 0.840. The molecular weight excluding hydrogens is 261 g/mol. The highest BCUT2D eigenvalue weighted by atomic mass is 79.9. The Morgan fingerprint density at radius 3 is 2.80 bits per heavy atom. The van der Waals surface area contributed by atoms with Crippen LogP contribution in [0, 0.1) is 5.82 Å². The minimum Gasteiger partial charge on any atom is -0.351 e. The molecule has 0 radical (unpaired) electrons. The van der Waals surface area contributed by atoms with E-state index in [1.165, 1.54) is 12.1 Å². The summed E-state index contributed by atoms with van der Waals surface area (Å²) >= 11 is 3.39. The molecule has 0 heterocycles. The topological polar surface area (TPSA) is 29.1 Å². The number of hydrogen-bond donors (Lipinski definition) is 1. The van der Waals surface area contributed by atoms with E-state index in [0.717, 1.165) is 6.42 Å². The van der Waals surface area contributed by atoms with Crippen LogP contribution in [0.4, 0.5) is 4.39 Å². The van der Waals surface area contributed by atoms with E-state index in [2.05, 4.69) is 21.2 Å². The lowest BCUT2D eigenvalue weighted by atomic mass is 10.2. The first-order valence-electron chi connectivity index (χ1n) is 4.82. The highest BCUT2D eigenvalue weighted by Gasteiger charge is 2.11. The van der Waals surface area contributed by atoms with E-state index in [1.807, 2.05) is 6.92 Å². The summed E-state index contributed by atoms with van der Waals surface area (Å²) < 4.78 is 13.2. The molecule has 1 aromatic carbocycles. The van der Waals surface area contributed by atoms with Crippen LogP contribution >= 0.6 is 15.9 Å². The second-order valence-electron chi connectivity index (χ2n) is 3.20. The molecule has 1 N–H and O–H groups in total. The number of carbonyl (C=O) groups excluding carboxylic acids is 1. The maximum Gasteiger partial charge on any atom is 0.254 e. The van der Waals surface area contributed by atoms with Crippen LogP contribution < -0.4 is 5.32 Å². The highest BCUT2D eigenvalue weighted by Crippen LogP contribution is 2.07. The van der Waals surface area contributed by atoms with Gasteiger partial charge in [-0.3, -0.25) is 4.79 Å². The van der Waals surface area contributed by atoms with Crippen LogP contribution in [-0.2, 0) is 0 Å². The third-order valence-corrected chi connectivity index (χ3v) is 3.02. The van der Waals surface area contributed by atoms with Crippen LogP contribution in [0.15, 0.2) is 24.3 Å². The van der Waals surface area contributed by atoms with Crippen molar-refractivity contribution in [3.05, 3.63) is 35.6 Å². The molecule has 0 aromatic heterocycles. The molecule has 82 valence electrons. The van der Waals surface area contributed by atoms with Gasteiger partial charge in [0.1, 0.15) is 5.82 Å². The third kappa shape index (κ3) is 3.63. The molecule has 0 saturated heterocycles. The van der Waals surface area contributed by atoms with Crippen molar-refractivity contribution >= 4 is 21.8 Å². The van der Waals surface area contributed by atoms with Crippen LogP contribution in [0.3, 0.4) is 0 Å². The second-order valence-corrected chi connectivity index (χ2v) is 4.49. The Balaban J connectivity index is 2.58. The molecular formula is C11H13BrFNO. The van der Waals surface area contributed by atoms with E-state index in [0.29, 0.717) is 6.54 Å². The molecule has 0 spiro atoms. The molecule has 4 heteroatoms. The van der Waals surface area contributed by atoms with Crippen molar-refractivity contribution in [2.75, 3.05) is 6.54 Å². The Morgan fingerprint density at radius 2 is 2.20 bits per heavy atom. The van der Waals surface area contributed by atoms with Gasteiger partial charge in [-0.1, -0.05) is 35.0 Å². The van der Waals surface area contributed by atoms with Gasteiger partial charge in [0.15, 0.2) is 0 Å². The smallest absolute Gasteiger partial charge is 0.254 e. The number of alkyl halides is 1. The van der Waals surface area contributed by atoms with E-state index >= 15 is 0 Å². The molecule has 1 rings (SSSR count). The zero-order chi connectivity index (χ0) is 11.3. The van der Waals surface area contributed by atoms with Crippen LogP contribution in [-0.4, -0.2) is 17.3 Å². The Bertz CT molecular complexity index is 343. The molecule has 0 bridgehead atoms. The van der Waals surface area contributed by atoms with E-state index in [4.69, 9.17) is 0 Å². The predicted octanol–water partition coefficient (Wildman–Crippen LogP) is 2.73. The molecule has 1 amide bonds. The predicted molar refractivity (Wildman–Crippen MR) is 61.7 cm³/mol. The first-order chi connectivity index (χ1) is 7.15. The maximum absolute atomic E-state index is 13.2. The summed E-state index contributed by atoms with van der Waals surface area (Å²) in [5, 5.41) is 2.66. The Morgan fingerprint density at radius 1 is 1.53 bits per heavy atom. The number of carbonyl (C=O) groups is 1. The van der Waals surface area contributed by atoms with E-state index in [-0.39, 0.29) is 16.3 Å². The summed E-state index contributed by atoms with van der Waals surface area (Å²) in [6, 6.07) is 5.95. The van der Waals surface area contributed by atoms with Gasteiger partial charge in [-0.25, -0.2) is 4.39 Å². The molecule has 0 aliphatic carbocycles. The number of amides is 1. The van der Waals surface area contributed by atoms with E-state index in [1.54, 1.807) is 12.1 Å². The average molecular weight is 274 g/mol. The van der Waals surface area contributed by atoms with Crippen molar-refractivity contribution in [1.29, 1.82) is 0 Å². The van der Waals surface area contributed by atoms with Gasteiger partial charge in [-0.2, -0.15) is 0 Å². The summed E-state index contributed by atoms with van der Waals surface area (Å²) in [6.07, 6.45) is 0.914. The first kappa shape index (κ1) is 12.2. The average Bonchev–Trinajstić information content (AvgIpc) is 2.26. The van der Waals surface area contributed by atoms with Gasteiger partial charge in [0.2, 0.25) is 0 Å². The van der Waals surface area contributed by atoms with Gasteiger partial charge >= 0.3 is 0 Å². The lowest BCUT2D eigenvalue weighted by Gasteiger charge is -2.09. The fourth-order valence-electron chi connectivity index (χ4n) is 1.09. The van der Waals surface area contributed by atoms with Crippen molar-refractivity contribution < 1.29 is 9.18 Å². The molecule has 1 aromatic rings. The summed E-state index contributed by atoms with van der Waals surface area (Å²) in [4.78, 5) is 11.7. The van der Waals surface area contributed by atoms with Crippen LogP contribution in [0.1, 0.15) is 23.7 Å². The van der Waals surface area contributed by atoms with Gasteiger partial charge in [-0.05, 0) is 18.6 Å². The van der Waals surface area contributed by atoms with Gasteiger partial charge < -0.3 is 5.32 Å². The molecule has 2 nitrogen and oxygen atoms in total. The molecule has 0 saturated carbocycles.